The van der Waals surface area contributed by atoms with Crippen molar-refractivity contribution in [2.24, 2.45) is 0 Å². The first-order valence-electron chi connectivity index (χ1n) is 7.42. The minimum Gasteiger partial charge on any atom is -0.492 e. The van der Waals surface area contributed by atoms with E-state index in [0.29, 0.717) is 28.9 Å². The van der Waals surface area contributed by atoms with Gasteiger partial charge in [-0.1, -0.05) is 23.2 Å². The van der Waals surface area contributed by atoms with Gasteiger partial charge in [-0.05, 0) is 44.9 Å². The van der Waals surface area contributed by atoms with Gasteiger partial charge in [0.1, 0.15) is 5.75 Å². The number of morpholine rings is 1. The Hall–Kier alpha value is -0.480. The zero-order chi connectivity index (χ0) is 15.4. The summed E-state index contributed by atoms with van der Waals surface area (Å²) in [5, 5.41) is 1.22. The molecule has 5 heteroatoms. The topological polar surface area (TPSA) is 21.7 Å². The number of nitrogens with zero attached hydrogens (tertiary/aromatic N) is 1. The SMILES string of the molecule is Cc1cc(Cl)cc(Cl)c1OCCCN1C[C@@H](C)O[C@H](C)C1. The van der Waals surface area contributed by atoms with Gasteiger partial charge in [0.25, 0.3) is 0 Å². The molecule has 1 aromatic carbocycles. The van der Waals surface area contributed by atoms with Crippen LogP contribution in [-0.2, 0) is 4.74 Å². The van der Waals surface area contributed by atoms with Gasteiger partial charge in [-0.25, -0.2) is 0 Å². The molecule has 118 valence electrons. The minimum atomic E-state index is 0.308. The Morgan fingerprint density at radius 1 is 1.24 bits per heavy atom. The number of rotatable bonds is 5. The van der Waals surface area contributed by atoms with Crippen molar-refractivity contribution in [3.8, 4) is 5.75 Å². The van der Waals surface area contributed by atoms with E-state index in [9.17, 15) is 0 Å². The molecule has 2 atom stereocenters. The Labute approximate surface area is 137 Å². The van der Waals surface area contributed by atoms with Gasteiger partial charge in [-0.3, -0.25) is 4.90 Å². The molecule has 0 saturated carbocycles. The molecule has 0 aliphatic carbocycles. The third kappa shape index (κ3) is 5.03. The summed E-state index contributed by atoms with van der Waals surface area (Å²) in [5.74, 6) is 0.741. The molecule has 0 amide bonds. The standard InChI is InChI=1S/C16H23Cl2NO2/c1-11-7-14(17)8-15(18)16(11)20-6-4-5-19-9-12(2)21-13(3)10-19/h7-8,12-13H,4-6,9-10H2,1-3H3/t12-,13-/m1/s1. The van der Waals surface area contributed by atoms with Crippen LogP contribution in [-0.4, -0.2) is 43.3 Å². The van der Waals surface area contributed by atoms with E-state index in [0.717, 1.165) is 37.4 Å². The molecule has 0 aromatic heterocycles. The number of hydrogen-bond acceptors (Lipinski definition) is 3. The predicted molar refractivity (Wildman–Crippen MR) is 87.8 cm³/mol. The van der Waals surface area contributed by atoms with Gasteiger partial charge in [0.15, 0.2) is 0 Å². The fourth-order valence-corrected chi connectivity index (χ4v) is 3.45. The van der Waals surface area contributed by atoms with Crippen LogP contribution in [0, 0.1) is 6.92 Å². The molecule has 3 nitrogen and oxygen atoms in total. The monoisotopic (exact) mass is 331 g/mol. The molecule has 0 spiro atoms. The van der Waals surface area contributed by atoms with Crippen LogP contribution in [0.2, 0.25) is 10.0 Å². The summed E-state index contributed by atoms with van der Waals surface area (Å²) in [6.07, 6.45) is 1.59. The van der Waals surface area contributed by atoms with E-state index < -0.39 is 0 Å². The maximum Gasteiger partial charge on any atom is 0.140 e. The zero-order valence-corrected chi connectivity index (χ0v) is 14.4. The van der Waals surface area contributed by atoms with Gasteiger partial charge in [0.05, 0.1) is 23.8 Å². The Morgan fingerprint density at radius 2 is 1.90 bits per heavy atom. The predicted octanol–water partition coefficient (Wildman–Crippen LogP) is 4.18. The highest BCUT2D eigenvalue weighted by molar-refractivity contribution is 6.35. The van der Waals surface area contributed by atoms with Crippen LogP contribution in [0.15, 0.2) is 12.1 Å². The Kier molecular flexibility index (Phi) is 6.18. The van der Waals surface area contributed by atoms with Crippen molar-refractivity contribution in [1.29, 1.82) is 0 Å². The molecule has 2 rings (SSSR count). The smallest absolute Gasteiger partial charge is 0.140 e. The lowest BCUT2D eigenvalue weighted by Crippen LogP contribution is -2.45. The molecular formula is C16H23Cl2NO2. The van der Waals surface area contributed by atoms with Gasteiger partial charge < -0.3 is 9.47 Å². The van der Waals surface area contributed by atoms with Gasteiger partial charge >= 0.3 is 0 Å². The lowest BCUT2D eigenvalue weighted by molar-refractivity contribution is -0.0686. The van der Waals surface area contributed by atoms with Crippen LogP contribution in [0.4, 0.5) is 0 Å². The number of benzene rings is 1. The molecule has 0 radical (unpaired) electrons. The molecule has 0 unspecified atom stereocenters. The number of hydrogen-bond donors (Lipinski definition) is 0. The van der Waals surface area contributed by atoms with Gasteiger partial charge in [-0.15, -0.1) is 0 Å². The number of aryl methyl sites for hydroxylation is 1. The van der Waals surface area contributed by atoms with E-state index in [-0.39, 0.29) is 0 Å². The van der Waals surface area contributed by atoms with Crippen molar-refractivity contribution >= 4 is 23.2 Å². The summed E-state index contributed by atoms with van der Waals surface area (Å²) >= 11 is 12.1. The normalized spacial score (nSPS) is 23.3. The van der Waals surface area contributed by atoms with E-state index in [1.165, 1.54) is 0 Å². The zero-order valence-electron chi connectivity index (χ0n) is 12.9. The molecule has 1 aromatic rings. The highest BCUT2D eigenvalue weighted by Gasteiger charge is 2.21. The van der Waals surface area contributed by atoms with Crippen molar-refractivity contribution in [1.82, 2.24) is 4.90 Å². The van der Waals surface area contributed by atoms with Crippen molar-refractivity contribution in [3.05, 3.63) is 27.7 Å². The summed E-state index contributed by atoms with van der Waals surface area (Å²) in [5.41, 5.74) is 0.973. The second kappa shape index (κ2) is 7.68. The third-order valence-electron chi connectivity index (χ3n) is 3.55. The van der Waals surface area contributed by atoms with E-state index in [4.69, 9.17) is 32.7 Å². The van der Waals surface area contributed by atoms with E-state index in [2.05, 4.69) is 18.7 Å². The van der Waals surface area contributed by atoms with E-state index >= 15 is 0 Å². The molecule has 0 N–H and O–H groups in total. The summed E-state index contributed by atoms with van der Waals surface area (Å²) in [7, 11) is 0. The van der Waals surface area contributed by atoms with Gasteiger partial charge in [-0.2, -0.15) is 0 Å². The van der Waals surface area contributed by atoms with Crippen molar-refractivity contribution in [3.63, 3.8) is 0 Å². The van der Waals surface area contributed by atoms with Gasteiger partial charge in [0.2, 0.25) is 0 Å². The number of halogens is 2. The first-order valence-corrected chi connectivity index (χ1v) is 8.17. The highest BCUT2D eigenvalue weighted by atomic mass is 35.5. The Morgan fingerprint density at radius 3 is 2.52 bits per heavy atom. The molecular weight excluding hydrogens is 309 g/mol. The molecule has 0 bridgehead atoms. The summed E-state index contributed by atoms with van der Waals surface area (Å²) < 4.78 is 11.6. The molecule has 21 heavy (non-hydrogen) atoms. The molecule has 1 aliphatic rings. The van der Waals surface area contributed by atoms with Gasteiger partial charge in [0, 0.05) is 24.7 Å². The maximum absolute atomic E-state index is 6.16. The Bertz CT molecular complexity index is 448. The molecule has 1 saturated heterocycles. The fourth-order valence-electron chi connectivity index (χ4n) is 2.80. The van der Waals surface area contributed by atoms with Crippen LogP contribution in [0.1, 0.15) is 25.8 Å². The average molecular weight is 332 g/mol. The fraction of sp³-hybridized carbons (Fsp3) is 0.625. The molecule has 1 aliphatic heterocycles. The summed E-state index contributed by atoms with van der Waals surface area (Å²) in [4.78, 5) is 2.43. The Balaban J connectivity index is 1.77. The van der Waals surface area contributed by atoms with Crippen LogP contribution < -0.4 is 4.74 Å². The molecule has 1 fully saturated rings. The van der Waals surface area contributed by atoms with Crippen LogP contribution in [0.3, 0.4) is 0 Å². The lowest BCUT2D eigenvalue weighted by Gasteiger charge is -2.35. The summed E-state index contributed by atoms with van der Waals surface area (Å²) in [6.45, 7) is 9.85. The van der Waals surface area contributed by atoms with Crippen LogP contribution in [0.25, 0.3) is 0 Å². The van der Waals surface area contributed by atoms with Crippen molar-refractivity contribution in [2.75, 3.05) is 26.2 Å². The maximum atomic E-state index is 6.16. The van der Waals surface area contributed by atoms with E-state index in [1.807, 2.05) is 13.0 Å². The number of ether oxygens (including phenoxy) is 2. The van der Waals surface area contributed by atoms with Crippen molar-refractivity contribution in [2.45, 2.75) is 39.4 Å². The summed E-state index contributed by atoms with van der Waals surface area (Å²) in [6, 6.07) is 3.59. The molecule has 1 heterocycles. The third-order valence-corrected chi connectivity index (χ3v) is 4.05. The van der Waals surface area contributed by atoms with Crippen LogP contribution >= 0.6 is 23.2 Å². The largest absolute Gasteiger partial charge is 0.492 e. The average Bonchev–Trinajstić information content (AvgIpc) is 2.35. The van der Waals surface area contributed by atoms with Crippen LogP contribution in [0.5, 0.6) is 5.75 Å². The minimum absolute atomic E-state index is 0.308. The van der Waals surface area contributed by atoms with Crippen molar-refractivity contribution < 1.29 is 9.47 Å². The second-order valence-electron chi connectivity index (χ2n) is 5.75. The first-order chi connectivity index (χ1) is 9.95. The highest BCUT2D eigenvalue weighted by Crippen LogP contribution is 2.31. The second-order valence-corrected chi connectivity index (χ2v) is 6.60. The quantitative estimate of drug-likeness (QED) is 0.755. The first kappa shape index (κ1) is 16.9. The lowest BCUT2D eigenvalue weighted by atomic mass is 10.2. The van der Waals surface area contributed by atoms with E-state index in [1.54, 1.807) is 6.07 Å².